The summed E-state index contributed by atoms with van der Waals surface area (Å²) in [6.07, 6.45) is 3.18. The van der Waals surface area contributed by atoms with Crippen molar-refractivity contribution in [3.8, 4) is 11.4 Å². The number of hydrogen-bond donors (Lipinski definition) is 1. The van der Waals surface area contributed by atoms with Gasteiger partial charge in [0, 0.05) is 21.8 Å². The van der Waals surface area contributed by atoms with Gasteiger partial charge in [0.15, 0.2) is 0 Å². The number of methoxy groups -OCH3 is 1. The Bertz CT molecular complexity index is 1250. The standard InChI is InChI=1S/C23H19BrN4O2/c1-15-3-8-19(9-4-15)28-26-20-10-7-18(14-21(20)27-28)25-23(29)12-5-16-13-17(24)6-11-22(16)30-2/h3-14H,1-2H3,(H,25,29)/b12-5+. The normalized spacial score (nSPS) is 11.2. The fourth-order valence-electron chi connectivity index (χ4n) is 2.97. The summed E-state index contributed by atoms with van der Waals surface area (Å²) in [4.78, 5) is 14.0. The number of halogens is 1. The van der Waals surface area contributed by atoms with Gasteiger partial charge in [-0.1, -0.05) is 33.6 Å². The lowest BCUT2D eigenvalue weighted by Gasteiger charge is -2.05. The number of carbonyl (C=O) groups is 1. The van der Waals surface area contributed by atoms with Crippen molar-refractivity contribution in [2.45, 2.75) is 6.92 Å². The molecule has 1 N–H and O–H groups in total. The lowest BCUT2D eigenvalue weighted by molar-refractivity contribution is -0.111. The van der Waals surface area contributed by atoms with Crippen LogP contribution in [0.3, 0.4) is 0 Å². The van der Waals surface area contributed by atoms with Crippen LogP contribution >= 0.6 is 15.9 Å². The molecule has 0 fully saturated rings. The highest BCUT2D eigenvalue weighted by Crippen LogP contribution is 2.24. The number of anilines is 1. The van der Waals surface area contributed by atoms with Crippen LogP contribution in [-0.4, -0.2) is 28.0 Å². The molecule has 0 aliphatic heterocycles. The van der Waals surface area contributed by atoms with Crippen molar-refractivity contribution in [1.82, 2.24) is 15.0 Å². The zero-order valence-corrected chi connectivity index (χ0v) is 18.1. The van der Waals surface area contributed by atoms with Crippen LogP contribution in [0, 0.1) is 6.92 Å². The molecule has 0 radical (unpaired) electrons. The summed E-state index contributed by atoms with van der Waals surface area (Å²) in [6, 6.07) is 19.0. The van der Waals surface area contributed by atoms with Crippen LogP contribution in [-0.2, 0) is 4.79 Å². The summed E-state index contributed by atoms with van der Waals surface area (Å²) < 4.78 is 6.23. The zero-order valence-electron chi connectivity index (χ0n) is 16.5. The second-order valence-electron chi connectivity index (χ2n) is 6.74. The highest BCUT2D eigenvalue weighted by molar-refractivity contribution is 9.10. The van der Waals surface area contributed by atoms with Crippen LogP contribution in [0.5, 0.6) is 5.75 Å². The van der Waals surface area contributed by atoms with Crippen molar-refractivity contribution in [3.05, 3.63) is 82.3 Å². The van der Waals surface area contributed by atoms with E-state index >= 15 is 0 Å². The van der Waals surface area contributed by atoms with E-state index in [0.717, 1.165) is 21.2 Å². The van der Waals surface area contributed by atoms with Crippen molar-refractivity contribution in [2.75, 3.05) is 12.4 Å². The number of benzene rings is 3. The molecule has 6 nitrogen and oxygen atoms in total. The number of carbonyl (C=O) groups excluding carboxylic acids is 1. The number of amides is 1. The van der Waals surface area contributed by atoms with E-state index in [2.05, 4.69) is 31.4 Å². The molecular weight excluding hydrogens is 444 g/mol. The number of nitrogens with one attached hydrogen (secondary N) is 1. The molecular formula is C23H19BrN4O2. The number of aromatic nitrogens is 3. The smallest absolute Gasteiger partial charge is 0.248 e. The molecule has 0 unspecified atom stereocenters. The van der Waals surface area contributed by atoms with Crippen LogP contribution in [0.25, 0.3) is 22.8 Å². The van der Waals surface area contributed by atoms with Gasteiger partial charge in [-0.2, -0.15) is 4.80 Å². The van der Waals surface area contributed by atoms with Crippen LogP contribution in [0.2, 0.25) is 0 Å². The summed E-state index contributed by atoms with van der Waals surface area (Å²) in [5, 5.41) is 11.9. The maximum Gasteiger partial charge on any atom is 0.248 e. The number of aryl methyl sites for hydroxylation is 1. The predicted octanol–water partition coefficient (Wildman–Crippen LogP) is 5.15. The summed E-state index contributed by atoms with van der Waals surface area (Å²) in [5.74, 6) is 0.443. The fraction of sp³-hybridized carbons (Fsp3) is 0.0870. The molecule has 1 amide bonds. The number of nitrogens with zero attached hydrogens (tertiary/aromatic N) is 3. The molecule has 3 aromatic carbocycles. The molecule has 7 heteroatoms. The van der Waals surface area contributed by atoms with Crippen LogP contribution in [0.15, 0.2) is 71.2 Å². The van der Waals surface area contributed by atoms with E-state index in [9.17, 15) is 4.79 Å². The second-order valence-corrected chi connectivity index (χ2v) is 7.65. The van der Waals surface area contributed by atoms with E-state index in [1.165, 1.54) is 11.6 Å². The van der Waals surface area contributed by atoms with Gasteiger partial charge < -0.3 is 10.1 Å². The van der Waals surface area contributed by atoms with Crippen LogP contribution in [0.1, 0.15) is 11.1 Å². The van der Waals surface area contributed by atoms with Crippen LogP contribution < -0.4 is 10.1 Å². The van der Waals surface area contributed by atoms with Gasteiger partial charge in [0.25, 0.3) is 0 Å². The summed E-state index contributed by atoms with van der Waals surface area (Å²) >= 11 is 3.43. The van der Waals surface area contributed by atoms with Gasteiger partial charge >= 0.3 is 0 Å². The first-order valence-electron chi connectivity index (χ1n) is 9.28. The zero-order chi connectivity index (χ0) is 21.1. The summed E-state index contributed by atoms with van der Waals surface area (Å²) in [5.41, 5.74) is 4.96. The first kappa shape index (κ1) is 19.8. The molecule has 1 heterocycles. The lowest BCUT2D eigenvalue weighted by Crippen LogP contribution is -2.07. The van der Waals surface area contributed by atoms with Crippen molar-refractivity contribution in [2.24, 2.45) is 0 Å². The Morgan fingerprint density at radius 2 is 1.80 bits per heavy atom. The molecule has 0 saturated heterocycles. The van der Waals surface area contributed by atoms with Crippen molar-refractivity contribution >= 4 is 44.6 Å². The Morgan fingerprint density at radius 3 is 2.57 bits per heavy atom. The average Bonchev–Trinajstić information content (AvgIpc) is 3.16. The molecule has 0 saturated carbocycles. The summed E-state index contributed by atoms with van der Waals surface area (Å²) in [6.45, 7) is 2.03. The third-order valence-corrected chi connectivity index (χ3v) is 5.01. The number of rotatable bonds is 5. The minimum atomic E-state index is -0.248. The van der Waals surface area contributed by atoms with Gasteiger partial charge in [0.1, 0.15) is 16.8 Å². The Hall–Kier alpha value is -3.45. The van der Waals surface area contributed by atoms with E-state index in [1.807, 2.05) is 61.5 Å². The molecule has 1 aromatic heterocycles. The van der Waals surface area contributed by atoms with Gasteiger partial charge in [0.2, 0.25) is 5.91 Å². The topological polar surface area (TPSA) is 69.0 Å². The monoisotopic (exact) mass is 462 g/mol. The Kier molecular flexibility index (Phi) is 5.63. The second kappa shape index (κ2) is 8.51. The molecule has 0 aliphatic rings. The molecule has 0 bridgehead atoms. The third kappa shape index (κ3) is 4.41. The first-order valence-corrected chi connectivity index (χ1v) is 10.1. The van der Waals surface area contributed by atoms with E-state index in [-0.39, 0.29) is 5.91 Å². The SMILES string of the molecule is COc1ccc(Br)cc1/C=C/C(=O)Nc1ccc2nn(-c3ccc(C)cc3)nc2c1. The molecule has 150 valence electrons. The van der Waals surface area contributed by atoms with Gasteiger partial charge in [-0.05, 0) is 61.5 Å². The van der Waals surface area contributed by atoms with Crippen LogP contribution in [0.4, 0.5) is 5.69 Å². The molecule has 30 heavy (non-hydrogen) atoms. The van der Waals surface area contributed by atoms with Gasteiger partial charge in [0.05, 0.1) is 12.8 Å². The van der Waals surface area contributed by atoms with Gasteiger partial charge in [-0.25, -0.2) is 0 Å². The van der Waals surface area contributed by atoms with Crippen molar-refractivity contribution in [3.63, 3.8) is 0 Å². The van der Waals surface area contributed by atoms with E-state index in [4.69, 9.17) is 4.74 Å². The molecule has 4 aromatic rings. The van der Waals surface area contributed by atoms with E-state index in [1.54, 1.807) is 24.0 Å². The van der Waals surface area contributed by atoms with Crippen molar-refractivity contribution < 1.29 is 9.53 Å². The average molecular weight is 463 g/mol. The quantitative estimate of drug-likeness (QED) is 0.416. The number of ether oxygens (including phenoxy) is 1. The van der Waals surface area contributed by atoms with Crippen molar-refractivity contribution in [1.29, 1.82) is 0 Å². The predicted molar refractivity (Wildman–Crippen MR) is 122 cm³/mol. The number of fused-ring (bicyclic) bond motifs is 1. The Balaban J connectivity index is 1.52. The first-order chi connectivity index (χ1) is 14.5. The van der Waals surface area contributed by atoms with E-state index in [0.29, 0.717) is 17.0 Å². The Morgan fingerprint density at radius 1 is 1.03 bits per heavy atom. The third-order valence-electron chi connectivity index (χ3n) is 4.52. The highest BCUT2D eigenvalue weighted by atomic mass is 79.9. The number of hydrogen-bond acceptors (Lipinski definition) is 4. The molecule has 0 spiro atoms. The summed E-state index contributed by atoms with van der Waals surface area (Å²) in [7, 11) is 1.60. The molecule has 4 rings (SSSR count). The maximum absolute atomic E-state index is 12.4. The molecule has 0 aliphatic carbocycles. The maximum atomic E-state index is 12.4. The highest BCUT2D eigenvalue weighted by Gasteiger charge is 2.07. The van der Waals surface area contributed by atoms with Gasteiger partial charge in [-0.15, -0.1) is 10.2 Å². The van der Waals surface area contributed by atoms with E-state index < -0.39 is 0 Å². The largest absolute Gasteiger partial charge is 0.496 e. The van der Waals surface area contributed by atoms with Gasteiger partial charge in [-0.3, -0.25) is 4.79 Å². The molecule has 0 atom stereocenters. The minimum absolute atomic E-state index is 0.248. The fourth-order valence-corrected chi connectivity index (χ4v) is 3.35. The lowest BCUT2D eigenvalue weighted by atomic mass is 10.2. The minimum Gasteiger partial charge on any atom is -0.496 e. The Labute approximate surface area is 182 Å².